The molecular formula is C24H21N7O2. The highest BCUT2D eigenvalue weighted by Gasteiger charge is 2.14. The number of pyridine rings is 1. The van der Waals surface area contributed by atoms with Crippen LogP contribution in [0.15, 0.2) is 70.8 Å². The van der Waals surface area contributed by atoms with Crippen LogP contribution < -0.4 is 11.6 Å². The van der Waals surface area contributed by atoms with Gasteiger partial charge in [-0.2, -0.15) is 5.10 Å². The monoisotopic (exact) mass is 439 g/mol. The van der Waals surface area contributed by atoms with Crippen molar-refractivity contribution in [3.05, 3.63) is 83.2 Å². The molecule has 2 aromatic heterocycles. The van der Waals surface area contributed by atoms with Gasteiger partial charge in [0.25, 0.3) is 0 Å². The average Bonchev–Trinajstić information content (AvgIpc) is 2.82. The molecule has 0 aliphatic rings. The summed E-state index contributed by atoms with van der Waals surface area (Å²) >= 11 is 0. The van der Waals surface area contributed by atoms with E-state index in [2.05, 4.69) is 25.0 Å². The van der Waals surface area contributed by atoms with Crippen LogP contribution in [0.4, 0.5) is 5.95 Å². The molecular weight excluding hydrogens is 418 g/mol. The highest BCUT2D eigenvalue weighted by molar-refractivity contribution is 6.40. The Morgan fingerprint density at radius 2 is 1.82 bits per heavy atom. The second-order valence-corrected chi connectivity index (χ2v) is 7.25. The van der Waals surface area contributed by atoms with Gasteiger partial charge in [0.1, 0.15) is 11.4 Å². The van der Waals surface area contributed by atoms with Crippen LogP contribution in [0.3, 0.4) is 0 Å². The van der Waals surface area contributed by atoms with Crippen LogP contribution in [0.1, 0.15) is 27.3 Å². The Labute approximate surface area is 189 Å². The number of para-hydroxylation sites is 1. The SMILES string of the molecule is Cc1cccc2c(C(C=NCc3cccc(-c4ccccc4C(=O)O)n3)=NN)nc(N)nc12. The molecule has 0 radical (unpaired) electrons. The first kappa shape index (κ1) is 21.6. The van der Waals surface area contributed by atoms with E-state index in [1.165, 1.54) is 6.21 Å². The molecule has 0 bridgehead atoms. The van der Waals surface area contributed by atoms with Gasteiger partial charge in [0, 0.05) is 10.9 Å². The maximum absolute atomic E-state index is 11.5. The molecule has 0 atom stereocenters. The van der Waals surface area contributed by atoms with E-state index in [1.54, 1.807) is 30.3 Å². The highest BCUT2D eigenvalue weighted by atomic mass is 16.4. The Hall–Kier alpha value is -4.66. The molecule has 0 spiro atoms. The Balaban J connectivity index is 1.62. The molecule has 0 saturated carbocycles. The molecule has 2 aromatic carbocycles. The number of rotatable bonds is 6. The Kier molecular flexibility index (Phi) is 6.03. The number of fused-ring (bicyclic) bond motifs is 1. The van der Waals surface area contributed by atoms with E-state index in [0.29, 0.717) is 28.4 Å². The predicted molar refractivity (Wildman–Crippen MR) is 128 cm³/mol. The molecule has 0 aliphatic heterocycles. The van der Waals surface area contributed by atoms with Gasteiger partial charge in [0.05, 0.1) is 35.2 Å². The number of aliphatic imine (C=N–C) groups is 1. The van der Waals surface area contributed by atoms with E-state index in [1.807, 2.05) is 37.3 Å². The van der Waals surface area contributed by atoms with Crippen molar-refractivity contribution < 1.29 is 9.90 Å². The topological polar surface area (TPSA) is 153 Å². The van der Waals surface area contributed by atoms with E-state index in [-0.39, 0.29) is 18.1 Å². The summed E-state index contributed by atoms with van der Waals surface area (Å²) < 4.78 is 0. The first-order valence-corrected chi connectivity index (χ1v) is 10.1. The number of aromatic nitrogens is 3. The smallest absolute Gasteiger partial charge is 0.336 e. The number of hydrogen-bond donors (Lipinski definition) is 3. The molecule has 0 unspecified atom stereocenters. The van der Waals surface area contributed by atoms with Gasteiger partial charge >= 0.3 is 5.97 Å². The van der Waals surface area contributed by atoms with E-state index in [0.717, 1.165) is 16.5 Å². The molecule has 9 heteroatoms. The molecule has 0 aliphatic carbocycles. The van der Waals surface area contributed by atoms with Gasteiger partial charge in [-0.1, -0.05) is 42.5 Å². The maximum Gasteiger partial charge on any atom is 0.336 e. The van der Waals surface area contributed by atoms with Gasteiger partial charge in [0.2, 0.25) is 5.95 Å². The van der Waals surface area contributed by atoms with Crippen molar-refractivity contribution in [2.24, 2.45) is 15.9 Å². The standard InChI is InChI=1S/C24H21N7O2/c1-14-6-4-10-18-21(14)29-24(25)30-22(18)20(31-26)13-27-12-15-7-5-11-19(28-15)16-8-2-3-9-17(16)23(32)33/h2-11,13H,12,26H2,1H3,(H,32,33)(H2,25,29,30). The summed E-state index contributed by atoms with van der Waals surface area (Å²) in [5.41, 5.74) is 10.4. The average molecular weight is 439 g/mol. The number of carboxylic acids is 1. The lowest BCUT2D eigenvalue weighted by Crippen LogP contribution is -2.12. The number of anilines is 1. The number of nitrogens with two attached hydrogens (primary N) is 2. The number of hydrogen-bond acceptors (Lipinski definition) is 8. The fourth-order valence-corrected chi connectivity index (χ4v) is 3.50. The molecule has 4 rings (SSSR count). The third-order valence-electron chi connectivity index (χ3n) is 5.03. The van der Waals surface area contributed by atoms with Gasteiger partial charge < -0.3 is 16.7 Å². The number of carboxylic acid groups (broad SMARTS) is 1. The lowest BCUT2D eigenvalue weighted by Gasteiger charge is -2.08. The predicted octanol–water partition coefficient (Wildman–Crippen LogP) is 3.21. The van der Waals surface area contributed by atoms with Crippen LogP contribution in [-0.4, -0.2) is 38.0 Å². The van der Waals surface area contributed by atoms with Gasteiger partial charge in [0.15, 0.2) is 0 Å². The summed E-state index contributed by atoms with van der Waals surface area (Å²) in [5, 5.41) is 14.1. The molecule has 4 aromatic rings. The Morgan fingerprint density at radius 3 is 2.61 bits per heavy atom. The van der Waals surface area contributed by atoms with Gasteiger partial charge in [-0.05, 0) is 30.7 Å². The Bertz CT molecular complexity index is 1410. The molecule has 5 N–H and O–H groups in total. The minimum atomic E-state index is -1.01. The lowest BCUT2D eigenvalue weighted by atomic mass is 10.0. The number of nitrogen functional groups attached to an aromatic ring is 1. The minimum Gasteiger partial charge on any atom is -0.478 e. The third kappa shape index (κ3) is 4.52. The normalized spacial score (nSPS) is 11.8. The molecule has 33 heavy (non-hydrogen) atoms. The van der Waals surface area contributed by atoms with Gasteiger partial charge in [-0.3, -0.25) is 9.98 Å². The van der Waals surface area contributed by atoms with Crippen molar-refractivity contribution in [1.82, 2.24) is 15.0 Å². The Morgan fingerprint density at radius 1 is 1.03 bits per heavy atom. The second-order valence-electron chi connectivity index (χ2n) is 7.25. The summed E-state index contributed by atoms with van der Waals surface area (Å²) in [6.07, 6.45) is 1.52. The molecule has 0 amide bonds. The number of hydrazone groups is 1. The molecule has 164 valence electrons. The first-order chi connectivity index (χ1) is 16.0. The highest BCUT2D eigenvalue weighted by Crippen LogP contribution is 2.23. The van der Waals surface area contributed by atoms with Crippen LogP contribution >= 0.6 is 0 Å². The third-order valence-corrected chi connectivity index (χ3v) is 5.03. The number of aromatic carboxylic acids is 1. The van der Waals surface area contributed by atoms with E-state index >= 15 is 0 Å². The van der Waals surface area contributed by atoms with Crippen molar-refractivity contribution in [3.63, 3.8) is 0 Å². The van der Waals surface area contributed by atoms with E-state index in [4.69, 9.17) is 11.6 Å². The summed E-state index contributed by atoms with van der Waals surface area (Å²) in [4.78, 5) is 29.2. The van der Waals surface area contributed by atoms with Crippen LogP contribution in [0.25, 0.3) is 22.2 Å². The summed E-state index contributed by atoms with van der Waals surface area (Å²) in [7, 11) is 0. The fraction of sp³-hybridized carbons (Fsp3) is 0.0833. The molecule has 0 fully saturated rings. The number of carbonyl (C=O) groups is 1. The molecule has 2 heterocycles. The summed E-state index contributed by atoms with van der Waals surface area (Å²) in [6, 6.07) is 17.8. The zero-order chi connectivity index (χ0) is 23.4. The van der Waals surface area contributed by atoms with Crippen LogP contribution in [0, 0.1) is 6.92 Å². The molecule has 0 saturated heterocycles. The van der Waals surface area contributed by atoms with Gasteiger partial charge in [-0.15, -0.1) is 0 Å². The van der Waals surface area contributed by atoms with Crippen molar-refractivity contribution >= 4 is 34.7 Å². The first-order valence-electron chi connectivity index (χ1n) is 10.1. The minimum absolute atomic E-state index is 0.118. The fourth-order valence-electron chi connectivity index (χ4n) is 3.50. The van der Waals surface area contributed by atoms with E-state index in [9.17, 15) is 9.90 Å². The van der Waals surface area contributed by atoms with Crippen molar-refractivity contribution in [3.8, 4) is 11.3 Å². The van der Waals surface area contributed by atoms with Gasteiger partial charge in [-0.25, -0.2) is 14.8 Å². The number of benzene rings is 2. The maximum atomic E-state index is 11.5. The summed E-state index contributed by atoms with van der Waals surface area (Å²) in [5.74, 6) is 4.74. The van der Waals surface area contributed by atoms with E-state index < -0.39 is 5.97 Å². The number of aryl methyl sites for hydroxylation is 1. The van der Waals surface area contributed by atoms with Crippen molar-refractivity contribution in [1.29, 1.82) is 0 Å². The lowest BCUT2D eigenvalue weighted by molar-refractivity contribution is 0.0697. The summed E-state index contributed by atoms with van der Waals surface area (Å²) in [6.45, 7) is 2.17. The van der Waals surface area contributed by atoms with Crippen LogP contribution in [-0.2, 0) is 6.54 Å². The van der Waals surface area contributed by atoms with Crippen molar-refractivity contribution in [2.75, 3.05) is 5.73 Å². The quantitative estimate of drug-likeness (QED) is 0.237. The van der Waals surface area contributed by atoms with Crippen LogP contribution in [0.5, 0.6) is 0 Å². The largest absolute Gasteiger partial charge is 0.478 e. The van der Waals surface area contributed by atoms with Crippen molar-refractivity contribution in [2.45, 2.75) is 13.5 Å². The zero-order valence-corrected chi connectivity index (χ0v) is 17.8. The second kappa shape index (κ2) is 9.23. The van der Waals surface area contributed by atoms with Crippen LogP contribution in [0.2, 0.25) is 0 Å². The zero-order valence-electron chi connectivity index (χ0n) is 17.8. The number of nitrogens with zero attached hydrogens (tertiary/aromatic N) is 5. The molecule has 9 nitrogen and oxygen atoms in total.